The van der Waals surface area contributed by atoms with Gasteiger partial charge in [0.2, 0.25) is 0 Å². The number of aliphatic hydroxyl groups excluding tert-OH is 1. The lowest BCUT2D eigenvalue weighted by Gasteiger charge is -2.15. The Morgan fingerprint density at radius 2 is 2.11 bits per heavy atom. The van der Waals surface area contributed by atoms with E-state index in [4.69, 9.17) is 4.74 Å². The molecular weight excluding hydrogens is 265 g/mol. The topological polar surface area (TPSA) is 41.5 Å². The van der Waals surface area contributed by atoms with Crippen molar-refractivity contribution in [2.45, 2.75) is 13.0 Å². The van der Waals surface area contributed by atoms with Crippen LogP contribution in [0.1, 0.15) is 6.92 Å². The highest BCUT2D eigenvalue weighted by Gasteiger charge is 2.08. The molecule has 0 radical (unpaired) electrons. The molecular formula is C14H22FNO2S. The highest BCUT2D eigenvalue weighted by molar-refractivity contribution is 7.98. The fourth-order valence-electron chi connectivity index (χ4n) is 1.65. The van der Waals surface area contributed by atoms with E-state index in [1.807, 2.05) is 11.8 Å². The summed E-state index contributed by atoms with van der Waals surface area (Å²) in [5.74, 6) is 1.43. The van der Waals surface area contributed by atoms with Crippen LogP contribution in [0.3, 0.4) is 0 Å². The number of hydrogen-bond acceptors (Lipinski definition) is 4. The number of nitrogens with one attached hydrogen (secondary N) is 1. The first-order valence-corrected chi connectivity index (χ1v) is 7.78. The molecule has 5 heteroatoms. The van der Waals surface area contributed by atoms with Crippen LogP contribution < -0.4 is 10.1 Å². The summed E-state index contributed by atoms with van der Waals surface area (Å²) in [6.45, 7) is 3.56. The summed E-state index contributed by atoms with van der Waals surface area (Å²) < 4.78 is 18.5. The van der Waals surface area contributed by atoms with E-state index in [0.717, 1.165) is 12.3 Å². The van der Waals surface area contributed by atoms with Crippen molar-refractivity contribution in [3.05, 3.63) is 30.1 Å². The van der Waals surface area contributed by atoms with E-state index in [1.165, 1.54) is 6.07 Å². The van der Waals surface area contributed by atoms with Crippen LogP contribution >= 0.6 is 11.8 Å². The third kappa shape index (κ3) is 6.80. The second-order valence-corrected chi connectivity index (χ2v) is 5.52. The molecule has 0 spiro atoms. The number of hydrogen-bond donors (Lipinski definition) is 2. The van der Waals surface area contributed by atoms with Gasteiger partial charge in [0.15, 0.2) is 11.6 Å². The predicted octanol–water partition coefficient (Wildman–Crippen LogP) is 2.15. The number of halogens is 1. The number of thioether (sulfide) groups is 1. The van der Waals surface area contributed by atoms with E-state index >= 15 is 0 Å². The van der Waals surface area contributed by atoms with Crippen LogP contribution in [-0.2, 0) is 0 Å². The minimum absolute atomic E-state index is 0.0881. The van der Waals surface area contributed by atoms with Crippen LogP contribution in [-0.4, -0.2) is 42.9 Å². The van der Waals surface area contributed by atoms with Crippen molar-refractivity contribution < 1.29 is 14.2 Å². The van der Waals surface area contributed by atoms with Crippen LogP contribution in [0.4, 0.5) is 4.39 Å². The van der Waals surface area contributed by atoms with Crippen LogP contribution in [0.5, 0.6) is 5.75 Å². The molecule has 1 rings (SSSR count). The second kappa shape index (κ2) is 9.18. The van der Waals surface area contributed by atoms with Crippen molar-refractivity contribution in [3.8, 4) is 5.75 Å². The Morgan fingerprint density at radius 1 is 1.37 bits per heavy atom. The van der Waals surface area contributed by atoms with Crippen LogP contribution in [0.15, 0.2) is 24.3 Å². The summed E-state index contributed by atoms with van der Waals surface area (Å²) in [6.07, 6.45) is 1.44. The molecule has 2 atom stereocenters. The maximum atomic E-state index is 13.3. The molecule has 0 aliphatic carbocycles. The molecule has 3 nitrogen and oxygen atoms in total. The third-order valence-electron chi connectivity index (χ3n) is 2.59. The SMILES string of the molecule is CSCC(C)CNCC(O)COc1ccccc1F. The number of ether oxygens (including phenoxy) is 1. The number of benzene rings is 1. The van der Waals surface area contributed by atoms with Gasteiger partial charge in [0.25, 0.3) is 0 Å². The van der Waals surface area contributed by atoms with Crippen molar-refractivity contribution in [2.75, 3.05) is 31.7 Å². The fraction of sp³-hybridized carbons (Fsp3) is 0.571. The molecule has 2 N–H and O–H groups in total. The lowest BCUT2D eigenvalue weighted by atomic mass is 10.2. The molecule has 2 unspecified atom stereocenters. The molecule has 0 saturated carbocycles. The minimum atomic E-state index is -0.638. The average Bonchev–Trinajstić information content (AvgIpc) is 2.38. The van der Waals surface area contributed by atoms with Crippen molar-refractivity contribution in [1.82, 2.24) is 5.32 Å². The highest BCUT2D eigenvalue weighted by Crippen LogP contribution is 2.15. The maximum absolute atomic E-state index is 13.3. The molecule has 0 aliphatic rings. The monoisotopic (exact) mass is 287 g/mol. The number of rotatable bonds is 9. The number of para-hydroxylation sites is 1. The summed E-state index contributed by atoms with van der Waals surface area (Å²) >= 11 is 1.81. The summed E-state index contributed by atoms with van der Waals surface area (Å²) in [5, 5.41) is 12.9. The van der Waals surface area contributed by atoms with Gasteiger partial charge in [-0.2, -0.15) is 11.8 Å². The standard InChI is InChI=1S/C14H22FNO2S/c1-11(10-19-2)7-16-8-12(17)9-18-14-6-4-3-5-13(14)15/h3-6,11-12,16-17H,7-10H2,1-2H3. The predicted molar refractivity (Wildman–Crippen MR) is 78.3 cm³/mol. The molecule has 0 heterocycles. The Hall–Kier alpha value is -0.780. The van der Waals surface area contributed by atoms with Crippen molar-refractivity contribution >= 4 is 11.8 Å². The zero-order valence-corrected chi connectivity index (χ0v) is 12.3. The second-order valence-electron chi connectivity index (χ2n) is 4.61. The first-order chi connectivity index (χ1) is 9.13. The summed E-state index contributed by atoms with van der Waals surface area (Å²) in [7, 11) is 0. The van der Waals surface area contributed by atoms with Gasteiger partial charge in [0, 0.05) is 6.54 Å². The Bertz CT molecular complexity index is 365. The Balaban J connectivity index is 2.18. The third-order valence-corrected chi connectivity index (χ3v) is 3.49. The van der Waals surface area contributed by atoms with Crippen molar-refractivity contribution in [3.63, 3.8) is 0 Å². The fourth-order valence-corrected chi connectivity index (χ4v) is 2.33. The molecule has 1 aromatic rings. The molecule has 108 valence electrons. The van der Waals surface area contributed by atoms with E-state index < -0.39 is 11.9 Å². The van der Waals surface area contributed by atoms with Crippen molar-refractivity contribution in [1.29, 1.82) is 0 Å². The largest absolute Gasteiger partial charge is 0.488 e. The minimum Gasteiger partial charge on any atom is -0.488 e. The average molecular weight is 287 g/mol. The van der Waals surface area contributed by atoms with E-state index in [9.17, 15) is 9.50 Å². The first kappa shape index (κ1) is 16.3. The zero-order valence-electron chi connectivity index (χ0n) is 11.4. The van der Waals surface area contributed by atoms with E-state index in [-0.39, 0.29) is 12.4 Å². The molecule has 0 saturated heterocycles. The van der Waals surface area contributed by atoms with E-state index in [2.05, 4.69) is 18.5 Å². The zero-order chi connectivity index (χ0) is 14.1. The van der Waals surface area contributed by atoms with Gasteiger partial charge in [0.05, 0.1) is 0 Å². The van der Waals surface area contributed by atoms with Gasteiger partial charge in [-0.05, 0) is 36.6 Å². The first-order valence-electron chi connectivity index (χ1n) is 6.38. The quantitative estimate of drug-likeness (QED) is 0.730. The molecule has 0 amide bonds. The number of aliphatic hydroxyl groups is 1. The van der Waals surface area contributed by atoms with Crippen LogP contribution in [0, 0.1) is 11.7 Å². The van der Waals surface area contributed by atoms with Gasteiger partial charge in [-0.15, -0.1) is 0 Å². The van der Waals surface area contributed by atoms with Gasteiger partial charge in [-0.1, -0.05) is 19.1 Å². The van der Waals surface area contributed by atoms with Gasteiger partial charge in [-0.25, -0.2) is 4.39 Å². The highest BCUT2D eigenvalue weighted by atomic mass is 32.2. The van der Waals surface area contributed by atoms with Crippen molar-refractivity contribution in [2.24, 2.45) is 5.92 Å². The van der Waals surface area contributed by atoms with Gasteiger partial charge in [0.1, 0.15) is 12.7 Å². The lowest BCUT2D eigenvalue weighted by molar-refractivity contribution is 0.103. The van der Waals surface area contributed by atoms with E-state index in [0.29, 0.717) is 12.5 Å². The Morgan fingerprint density at radius 3 is 2.79 bits per heavy atom. The van der Waals surface area contributed by atoms with Gasteiger partial charge >= 0.3 is 0 Å². The van der Waals surface area contributed by atoms with Crippen LogP contribution in [0.2, 0.25) is 0 Å². The van der Waals surface area contributed by atoms with Crippen LogP contribution in [0.25, 0.3) is 0 Å². The summed E-state index contributed by atoms with van der Waals surface area (Å²) in [6, 6.07) is 6.19. The lowest BCUT2D eigenvalue weighted by Crippen LogP contribution is -2.34. The molecule has 19 heavy (non-hydrogen) atoms. The molecule has 1 aromatic carbocycles. The molecule has 0 aromatic heterocycles. The summed E-state index contributed by atoms with van der Waals surface area (Å²) in [4.78, 5) is 0. The molecule has 0 aliphatic heterocycles. The maximum Gasteiger partial charge on any atom is 0.165 e. The molecule has 0 fully saturated rings. The smallest absolute Gasteiger partial charge is 0.165 e. The van der Waals surface area contributed by atoms with Gasteiger partial charge < -0.3 is 15.2 Å². The Labute approximate surface area is 118 Å². The van der Waals surface area contributed by atoms with E-state index in [1.54, 1.807) is 18.2 Å². The molecule has 0 bridgehead atoms. The Kier molecular flexibility index (Phi) is 7.86. The summed E-state index contributed by atoms with van der Waals surface area (Å²) in [5.41, 5.74) is 0. The normalized spacial score (nSPS) is 14.1. The van der Waals surface area contributed by atoms with Gasteiger partial charge in [-0.3, -0.25) is 0 Å².